The van der Waals surface area contributed by atoms with Crippen molar-refractivity contribution in [1.82, 2.24) is 9.97 Å². The van der Waals surface area contributed by atoms with Crippen LogP contribution in [0.3, 0.4) is 0 Å². The SMILES string of the molecule is CC1(C)c2ccc([nH]2)/C(c2ccccc2)=c2/cc/c([se]2)=C(/c2ccccc2)c2ccc([nH]2)C(C)(C)c2ccc1[se]2. The summed E-state index contributed by atoms with van der Waals surface area (Å²) in [4.78, 5) is 7.81. The number of aromatic amines is 2. The molecular weight excluding hydrogens is 618 g/mol. The fraction of sp³-hybridized carbons (Fsp3) is 0.167. The number of H-pyrrole nitrogens is 2. The van der Waals surface area contributed by atoms with Gasteiger partial charge >= 0.3 is 249 Å². The molecule has 4 aromatic heterocycles. The zero-order valence-electron chi connectivity index (χ0n) is 23.2. The predicted molar refractivity (Wildman–Crippen MR) is 168 cm³/mol. The molecule has 40 heavy (non-hydrogen) atoms. The quantitative estimate of drug-likeness (QED) is 0.219. The van der Waals surface area contributed by atoms with Crippen LogP contribution in [0, 0.1) is 0 Å². The van der Waals surface area contributed by atoms with E-state index < -0.39 is 0 Å². The molecule has 0 saturated heterocycles. The van der Waals surface area contributed by atoms with Gasteiger partial charge in [0.15, 0.2) is 0 Å². The van der Waals surface area contributed by atoms with Crippen molar-refractivity contribution in [2.24, 2.45) is 0 Å². The van der Waals surface area contributed by atoms with Gasteiger partial charge in [-0.1, -0.05) is 0 Å². The number of fused-ring (bicyclic) bond motifs is 8. The molecule has 1 aliphatic rings. The summed E-state index contributed by atoms with van der Waals surface area (Å²) < 4.78 is 5.84. The first-order chi connectivity index (χ1) is 19.3. The predicted octanol–water partition coefficient (Wildman–Crippen LogP) is 5.92. The molecule has 1 aliphatic heterocycles. The third kappa shape index (κ3) is 4.23. The Morgan fingerprint density at radius 3 is 1.30 bits per heavy atom. The average molecular weight is 651 g/mol. The van der Waals surface area contributed by atoms with Gasteiger partial charge in [-0.25, -0.2) is 0 Å². The van der Waals surface area contributed by atoms with Crippen molar-refractivity contribution in [1.29, 1.82) is 0 Å². The Hall–Kier alpha value is -3.26. The molecule has 6 aromatic rings. The first kappa shape index (κ1) is 25.7. The summed E-state index contributed by atoms with van der Waals surface area (Å²) >= 11 is 0.411. The number of nitrogens with one attached hydrogen (secondary N) is 2. The van der Waals surface area contributed by atoms with Crippen LogP contribution < -0.4 is 8.19 Å². The van der Waals surface area contributed by atoms with Gasteiger partial charge in [-0.3, -0.25) is 0 Å². The van der Waals surface area contributed by atoms with Crippen LogP contribution >= 0.6 is 0 Å². The molecule has 0 amide bonds. The summed E-state index contributed by atoms with van der Waals surface area (Å²) in [5.74, 6) is 0. The maximum atomic E-state index is 3.91. The van der Waals surface area contributed by atoms with E-state index in [1.165, 1.54) is 62.1 Å². The molecule has 2 aromatic carbocycles. The van der Waals surface area contributed by atoms with Crippen LogP contribution in [0.5, 0.6) is 0 Å². The van der Waals surface area contributed by atoms with E-state index in [2.05, 4.69) is 147 Å². The van der Waals surface area contributed by atoms with E-state index in [0.717, 1.165) is 0 Å². The normalized spacial score (nSPS) is 18.5. The number of hydrogen-bond donors (Lipinski definition) is 2. The Labute approximate surface area is 247 Å². The van der Waals surface area contributed by atoms with Crippen LogP contribution in [0.1, 0.15) is 70.5 Å². The summed E-state index contributed by atoms with van der Waals surface area (Å²) in [7, 11) is 0. The molecule has 0 radical (unpaired) electrons. The molecule has 0 atom stereocenters. The van der Waals surface area contributed by atoms with Crippen molar-refractivity contribution < 1.29 is 0 Å². The number of aromatic nitrogens is 2. The Morgan fingerprint density at radius 2 is 0.875 bits per heavy atom. The van der Waals surface area contributed by atoms with Gasteiger partial charge in [-0.2, -0.15) is 0 Å². The van der Waals surface area contributed by atoms with Crippen molar-refractivity contribution in [3.05, 3.63) is 160 Å². The molecule has 0 fully saturated rings. The Balaban J connectivity index is 1.60. The van der Waals surface area contributed by atoms with Crippen LogP contribution in [0.2, 0.25) is 0 Å². The molecule has 0 spiro atoms. The molecule has 4 heteroatoms. The first-order valence-corrected chi connectivity index (χ1v) is 17.2. The minimum atomic E-state index is -0.0702. The number of rotatable bonds is 2. The molecule has 198 valence electrons. The second kappa shape index (κ2) is 9.68. The first-order valence-electron chi connectivity index (χ1n) is 13.8. The van der Waals surface area contributed by atoms with E-state index in [1.807, 2.05) is 0 Å². The summed E-state index contributed by atoms with van der Waals surface area (Å²) in [5, 5.41) is 0. The van der Waals surface area contributed by atoms with Gasteiger partial charge in [0.2, 0.25) is 0 Å². The van der Waals surface area contributed by atoms with Gasteiger partial charge in [0.25, 0.3) is 0 Å². The minimum absolute atomic E-state index is 0.0702. The average Bonchev–Trinajstić information content (AvgIpc) is 3.78. The topological polar surface area (TPSA) is 31.6 Å². The van der Waals surface area contributed by atoms with E-state index in [0.29, 0.717) is 0 Å². The molecular formula is C36H32N2Se2. The van der Waals surface area contributed by atoms with Crippen molar-refractivity contribution in [3.63, 3.8) is 0 Å². The van der Waals surface area contributed by atoms with Crippen LogP contribution in [0.15, 0.2) is 109 Å². The fourth-order valence-electron chi connectivity index (χ4n) is 5.76. The van der Waals surface area contributed by atoms with Gasteiger partial charge in [0.05, 0.1) is 0 Å². The Morgan fingerprint density at radius 1 is 0.450 bits per heavy atom. The summed E-state index contributed by atoms with van der Waals surface area (Å²) in [6.45, 7) is 9.49. The number of benzene rings is 2. The maximum absolute atomic E-state index is 3.91. The van der Waals surface area contributed by atoms with E-state index in [4.69, 9.17) is 0 Å². The van der Waals surface area contributed by atoms with Crippen LogP contribution in [0.25, 0.3) is 11.1 Å². The number of hydrogen-bond acceptors (Lipinski definition) is 0. The van der Waals surface area contributed by atoms with Crippen molar-refractivity contribution in [2.45, 2.75) is 38.5 Å². The Kier molecular flexibility index (Phi) is 6.22. The van der Waals surface area contributed by atoms with Gasteiger partial charge in [-0.15, -0.1) is 0 Å². The second-order valence-corrected chi connectivity index (χ2v) is 16.2. The van der Waals surface area contributed by atoms with Crippen molar-refractivity contribution in [2.75, 3.05) is 0 Å². The van der Waals surface area contributed by atoms with Crippen molar-refractivity contribution in [3.8, 4) is 0 Å². The van der Waals surface area contributed by atoms with Gasteiger partial charge in [-0.05, 0) is 0 Å². The van der Waals surface area contributed by atoms with Gasteiger partial charge in [0, 0.05) is 0 Å². The molecule has 0 aliphatic carbocycles. The van der Waals surface area contributed by atoms with E-state index in [9.17, 15) is 0 Å². The Bertz CT molecular complexity index is 1800. The monoisotopic (exact) mass is 652 g/mol. The summed E-state index contributed by atoms with van der Waals surface area (Å²) in [6, 6.07) is 40.5. The van der Waals surface area contributed by atoms with Crippen LogP contribution in [-0.2, 0) is 10.8 Å². The van der Waals surface area contributed by atoms with E-state index in [-0.39, 0.29) is 39.8 Å². The third-order valence-electron chi connectivity index (χ3n) is 8.32. The van der Waals surface area contributed by atoms with Crippen LogP contribution in [0.4, 0.5) is 0 Å². The zero-order chi connectivity index (χ0) is 27.5. The van der Waals surface area contributed by atoms with E-state index in [1.54, 1.807) is 0 Å². The second-order valence-electron chi connectivity index (χ2n) is 11.6. The fourth-order valence-corrected chi connectivity index (χ4v) is 10.8. The van der Waals surface area contributed by atoms with Crippen molar-refractivity contribution >= 4 is 40.2 Å². The van der Waals surface area contributed by atoms with E-state index >= 15 is 0 Å². The standard InChI is InChI=1S/C36H32N2Se2/c1-35(2)29-19-15-25(37-29)33(23-11-7-5-8-12-23)27-17-18-28(39-27)34(24-13-9-6-10-14-24)26-16-20-30(38-26)36(3,4)32-22-21-31(35)40-32/h5-22,37-38H,1-4H3/b33-27-,34-28+. The zero-order valence-corrected chi connectivity index (χ0v) is 26.6. The molecule has 0 saturated carbocycles. The summed E-state index contributed by atoms with van der Waals surface area (Å²) in [5.41, 5.74) is 9.96. The molecule has 5 heterocycles. The molecule has 7 rings (SSSR count). The third-order valence-corrected chi connectivity index (χ3v) is 14.3. The molecule has 0 unspecified atom stereocenters. The van der Waals surface area contributed by atoms with Gasteiger partial charge < -0.3 is 0 Å². The van der Waals surface area contributed by atoms with Gasteiger partial charge in [0.1, 0.15) is 0 Å². The molecule has 2 nitrogen and oxygen atoms in total. The van der Waals surface area contributed by atoms with Crippen LogP contribution in [-0.4, -0.2) is 39.0 Å². The summed E-state index contributed by atoms with van der Waals surface area (Å²) in [6.07, 6.45) is 0. The molecule has 8 bridgehead atoms. The molecule has 2 N–H and O–H groups in total.